The van der Waals surface area contributed by atoms with Gasteiger partial charge in [-0.1, -0.05) is 29.8 Å². The van der Waals surface area contributed by atoms with Gasteiger partial charge >= 0.3 is 12.1 Å². The second kappa shape index (κ2) is 4.36. The van der Waals surface area contributed by atoms with Crippen LogP contribution in [0, 0.1) is 6.92 Å². The molecule has 1 aliphatic heterocycles. The molecule has 106 valence electrons. The van der Waals surface area contributed by atoms with E-state index < -0.39 is 18.1 Å². The van der Waals surface area contributed by atoms with Crippen LogP contribution in [0.1, 0.15) is 23.1 Å². The molecule has 1 atom stereocenters. The van der Waals surface area contributed by atoms with E-state index in [0.717, 1.165) is 27.2 Å². The number of alkyl halides is 3. The second-order valence-corrected chi connectivity index (χ2v) is 5.32. The highest BCUT2D eigenvalue weighted by atomic mass is 19.4. The van der Waals surface area contributed by atoms with Crippen LogP contribution in [-0.2, 0) is 11.2 Å². The zero-order valence-electron chi connectivity index (χ0n) is 11.0. The molecule has 5 heteroatoms. The van der Waals surface area contributed by atoms with Crippen LogP contribution in [0.3, 0.4) is 0 Å². The molecule has 1 aromatic rings. The first-order valence-corrected chi connectivity index (χ1v) is 6.55. The van der Waals surface area contributed by atoms with Crippen molar-refractivity contribution in [1.82, 2.24) is 4.90 Å². The fraction of sp³-hybridized carbons (Fsp3) is 0.400. The van der Waals surface area contributed by atoms with Crippen LogP contribution in [0.25, 0.3) is 5.57 Å². The second-order valence-electron chi connectivity index (χ2n) is 5.32. The minimum atomic E-state index is -4.80. The summed E-state index contributed by atoms with van der Waals surface area (Å²) in [5.41, 5.74) is 3.96. The van der Waals surface area contributed by atoms with E-state index in [2.05, 4.69) is 0 Å². The number of hydrogen-bond donors (Lipinski definition) is 0. The maximum Gasteiger partial charge on any atom is 0.471 e. The van der Waals surface area contributed by atoms with Crippen LogP contribution in [-0.4, -0.2) is 29.6 Å². The summed E-state index contributed by atoms with van der Waals surface area (Å²) in [7, 11) is 0. The monoisotopic (exact) mass is 281 g/mol. The van der Waals surface area contributed by atoms with E-state index in [0.29, 0.717) is 12.8 Å². The number of carbonyl (C=O) groups is 1. The van der Waals surface area contributed by atoms with Gasteiger partial charge in [0.25, 0.3) is 0 Å². The van der Waals surface area contributed by atoms with Gasteiger partial charge in [-0.3, -0.25) is 4.79 Å². The minimum Gasteiger partial charge on any atom is -0.327 e. The van der Waals surface area contributed by atoms with Crippen molar-refractivity contribution in [1.29, 1.82) is 0 Å². The lowest BCUT2D eigenvalue weighted by Gasteiger charge is -2.33. The molecule has 2 aliphatic rings. The molecule has 20 heavy (non-hydrogen) atoms. The molecule has 0 bridgehead atoms. The Hall–Kier alpha value is -1.78. The lowest BCUT2D eigenvalue weighted by atomic mass is 9.98. The Morgan fingerprint density at radius 1 is 1.35 bits per heavy atom. The van der Waals surface area contributed by atoms with E-state index in [-0.39, 0.29) is 6.54 Å². The molecule has 1 amide bonds. The topological polar surface area (TPSA) is 20.3 Å². The van der Waals surface area contributed by atoms with E-state index in [4.69, 9.17) is 0 Å². The van der Waals surface area contributed by atoms with E-state index in [1.165, 1.54) is 0 Å². The normalized spacial score (nSPS) is 21.3. The Kier molecular flexibility index (Phi) is 2.88. The zero-order chi connectivity index (χ0) is 14.5. The maximum atomic E-state index is 12.7. The molecule has 1 aromatic carbocycles. The van der Waals surface area contributed by atoms with Gasteiger partial charge in [0, 0.05) is 6.54 Å². The molecule has 0 saturated heterocycles. The highest BCUT2D eigenvalue weighted by Gasteiger charge is 2.47. The van der Waals surface area contributed by atoms with Crippen molar-refractivity contribution in [3.05, 3.63) is 41.0 Å². The number of amides is 1. The van der Waals surface area contributed by atoms with Crippen LogP contribution < -0.4 is 0 Å². The van der Waals surface area contributed by atoms with Crippen LogP contribution in [0.5, 0.6) is 0 Å². The molecule has 0 spiro atoms. The number of halogens is 3. The molecule has 0 N–H and O–H groups in total. The highest BCUT2D eigenvalue weighted by molar-refractivity contribution is 5.87. The van der Waals surface area contributed by atoms with Gasteiger partial charge in [-0.05, 0) is 36.5 Å². The molecule has 0 unspecified atom stereocenters. The van der Waals surface area contributed by atoms with Crippen molar-refractivity contribution in [2.24, 2.45) is 0 Å². The minimum absolute atomic E-state index is 0.138. The lowest BCUT2D eigenvalue weighted by Crippen LogP contribution is -2.48. The Labute approximate surface area is 114 Å². The highest BCUT2D eigenvalue weighted by Crippen LogP contribution is 2.39. The quantitative estimate of drug-likeness (QED) is 0.715. The third-order valence-corrected chi connectivity index (χ3v) is 3.96. The largest absolute Gasteiger partial charge is 0.471 e. The predicted molar refractivity (Wildman–Crippen MR) is 69.0 cm³/mol. The average Bonchev–Trinajstić information content (AvgIpc) is 2.74. The molecule has 0 saturated carbocycles. The van der Waals surface area contributed by atoms with E-state index in [1.807, 2.05) is 31.2 Å². The van der Waals surface area contributed by atoms with Crippen molar-refractivity contribution < 1.29 is 18.0 Å². The van der Waals surface area contributed by atoms with Gasteiger partial charge in [-0.15, -0.1) is 0 Å². The smallest absolute Gasteiger partial charge is 0.327 e. The first-order chi connectivity index (χ1) is 9.38. The molecule has 0 aromatic heterocycles. The molecular weight excluding hydrogens is 267 g/mol. The molecule has 3 rings (SSSR count). The van der Waals surface area contributed by atoms with Crippen molar-refractivity contribution in [3.8, 4) is 0 Å². The summed E-state index contributed by atoms with van der Waals surface area (Å²) in [6, 6.07) is 5.42. The van der Waals surface area contributed by atoms with E-state index >= 15 is 0 Å². The van der Waals surface area contributed by atoms with E-state index in [9.17, 15) is 18.0 Å². The first kappa shape index (κ1) is 13.2. The summed E-state index contributed by atoms with van der Waals surface area (Å²) >= 11 is 0. The number of rotatable bonds is 0. The number of aryl methyl sites for hydroxylation is 1. The Morgan fingerprint density at radius 2 is 2.10 bits per heavy atom. The summed E-state index contributed by atoms with van der Waals surface area (Å²) in [4.78, 5) is 12.5. The summed E-state index contributed by atoms with van der Waals surface area (Å²) in [5.74, 6) is -1.72. The molecule has 1 heterocycles. The molecule has 2 nitrogen and oxygen atoms in total. The van der Waals surface area contributed by atoms with Gasteiger partial charge in [0.05, 0.1) is 6.04 Å². The van der Waals surface area contributed by atoms with Crippen molar-refractivity contribution >= 4 is 11.5 Å². The zero-order valence-corrected chi connectivity index (χ0v) is 11.0. The number of carbonyl (C=O) groups excluding carboxylic acids is 1. The summed E-state index contributed by atoms with van der Waals surface area (Å²) in [6.07, 6.45) is -1.88. The number of benzene rings is 1. The number of hydrogen-bond acceptors (Lipinski definition) is 1. The number of fused-ring (bicyclic) bond motifs is 3. The van der Waals surface area contributed by atoms with Gasteiger partial charge < -0.3 is 4.90 Å². The summed E-state index contributed by atoms with van der Waals surface area (Å²) in [5, 5.41) is 0. The fourth-order valence-electron chi connectivity index (χ4n) is 3.08. The van der Waals surface area contributed by atoms with Crippen molar-refractivity contribution in [2.45, 2.75) is 32.0 Å². The SMILES string of the molecule is Cc1ccc2c(c1)C1=CCCN(C(=O)C(F)(F)F)[C@H]1C2. The average molecular weight is 281 g/mol. The van der Waals surface area contributed by atoms with Gasteiger partial charge in [0.1, 0.15) is 0 Å². The van der Waals surface area contributed by atoms with Crippen LogP contribution >= 0.6 is 0 Å². The van der Waals surface area contributed by atoms with Crippen molar-refractivity contribution in [2.75, 3.05) is 6.54 Å². The maximum absolute atomic E-state index is 12.7. The van der Waals surface area contributed by atoms with Crippen LogP contribution in [0.2, 0.25) is 0 Å². The van der Waals surface area contributed by atoms with Crippen LogP contribution in [0.4, 0.5) is 13.2 Å². The van der Waals surface area contributed by atoms with Crippen LogP contribution in [0.15, 0.2) is 24.3 Å². The summed E-state index contributed by atoms with van der Waals surface area (Å²) < 4.78 is 38.0. The first-order valence-electron chi connectivity index (χ1n) is 6.55. The Bertz CT molecular complexity index is 604. The third-order valence-electron chi connectivity index (χ3n) is 3.96. The molecule has 1 aliphatic carbocycles. The third kappa shape index (κ3) is 2.01. The fourth-order valence-corrected chi connectivity index (χ4v) is 3.08. The van der Waals surface area contributed by atoms with Gasteiger partial charge in [-0.2, -0.15) is 13.2 Å². The molecule has 0 radical (unpaired) electrons. The molecular formula is C15H14F3NO. The molecule has 0 fully saturated rings. The van der Waals surface area contributed by atoms with Gasteiger partial charge in [0.2, 0.25) is 0 Å². The summed E-state index contributed by atoms with van der Waals surface area (Å²) in [6.45, 7) is 2.09. The standard InChI is InChI=1S/C15H14F3NO/c1-9-4-5-10-8-13-11(12(10)7-9)3-2-6-19(13)14(20)15(16,17)18/h3-5,7,13H,2,6,8H2,1H3/t13-/m0/s1. The van der Waals surface area contributed by atoms with E-state index in [1.54, 1.807) is 0 Å². The van der Waals surface area contributed by atoms with Gasteiger partial charge in [-0.25, -0.2) is 0 Å². The Morgan fingerprint density at radius 3 is 2.80 bits per heavy atom. The lowest BCUT2D eigenvalue weighted by molar-refractivity contribution is -0.186. The Balaban J connectivity index is 1.97. The predicted octanol–water partition coefficient (Wildman–Crippen LogP) is 3.10. The van der Waals surface area contributed by atoms with Crippen molar-refractivity contribution in [3.63, 3.8) is 0 Å². The number of nitrogens with zero attached hydrogens (tertiary/aromatic N) is 1. The van der Waals surface area contributed by atoms with Gasteiger partial charge in [0.15, 0.2) is 0 Å².